The average molecular weight is 381 g/mol. The molecular weight excluding hydrogens is 354 g/mol. The number of H-pyrrole nitrogens is 1. The van der Waals surface area contributed by atoms with E-state index in [0.29, 0.717) is 0 Å². The van der Waals surface area contributed by atoms with Crippen LogP contribution in [0.5, 0.6) is 11.5 Å². The normalized spacial score (nSPS) is 14.0. The molecule has 0 unspecified atom stereocenters. The van der Waals surface area contributed by atoms with E-state index in [1.54, 1.807) is 20.5 Å². The van der Waals surface area contributed by atoms with Crippen LogP contribution in [-0.2, 0) is 13.0 Å². The number of fused-ring (bicyclic) bond motifs is 1. The number of aromatic amines is 1. The van der Waals surface area contributed by atoms with Crippen molar-refractivity contribution in [3.8, 4) is 11.5 Å². The minimum atomic E-state index is 0.753. The van der Waals surface area contributed by atoms with E-state index in [9.17, 15) is 0 Å². The van der Waals surface area contributed by atoms with Crippen LogP contribution in [0.3, 0.4) is 0 Å². The van der Waals surface area contributed by atoms with Gasteiger partial charge in [0.05, 0.1) is 20.5 Å². The number of rotatable bonds is 8. The highest BCUT2D eigenvalue weighted by Gasteiger charge is 2.20. The Bertz CT molecular complexity index is 920. The van der Waals surface area contributed by atoms with Gasteiger partial charge in [0, 0.05) is 55.4 Å². The minimum absolute atomic E-state index is 0.753. The highest BCUT2D eigenvalue weighted by Crippen LogP contribution is 2.36. The second-order valence-electron chi connectivity index (χ2n) is 7.04. The standard InChI is InChI=1S/C21H27N5O2/c1-27-18-5-6-19(28-2)20-17(18)11-15(21(25-20)26-9-3-4-10-26)12-22-8-7-16-13-23-14-24-16/h5-6,11,13-14,22H,3-4,7-10,12H2,1-2H3,(H,23,24). The lowest BCUT2D eigenvalue weighted by Crippen LogP contribution is -2.24. The lowest BCUT2D eigenvalue weighted by atomic mass is 10.1. The van der Waals surface area contributed by atoms with Crippen LogP contribution in [0.4, 0.5) is 5.82 Å². The molecule has 1 fully saturated rings. The van der Waals surface area contributed by atoms with E-state index in [2.05, 4.69) is 26.3 Å². The van der Waals surface area contributed by atoms with Crippen molar-refractivity contribution in [1.82, 2.24) is 20.3 Å². The Balaban J connectivity index is 1.64. The van der Waals surface area contributed by atoms with Crippen molar-refractivity contribution in [2.75, 3.05) is 38.8 Å². The Morgan fingerprint density at radius 1 is 1.14 bits per heavy atom. The fraction of sp³-hybridized carbons (Fsp3) is 0.429. The van der Waals surface area contributed by atoms with E-state index in [1.165, 1.54) is 18.4 Å². The summed E-state index contributed by atoms with van der Waals surface area (Å²) in [7, 11) is 3.38. The second-order valence-corrected chi connectivity index (χ2v) is 7.04. The summed E-state index contributed by atoms with van der Waals surface area (Å²) in [4.78, 5) is 14.6. The first-order valence-electron chi connectivity index (χ1n) is 9.77. The molecule has 3 heterocycles. The molecule has 0 spiro atoms. The van der Waals surface area contributed by atoms with Gasteiger partial charge in [0.25, 0.3) is 0 Å². The Hall–Kier alpha value is -2.80. The number of benzene rings is 1. The molecule has 3 aromatic rings. The SMILES string of the molecule is COc1ccc(OC)c2nc(N3CCCC3)c(CNCCc3cnc[nH]3)cc12. The largest absolute Gasteiger partial charge is 0.496 e. The summed E-state index contributed by atoms with van der Waals surface area (Å²) in [5.74, 6) is 2.63. The molecule has 1 aliphatic heterocycles. The zero-order valence-electron chi connectivity index (χ0n) is 16.5. The molecule has 1 saturated heterocycles. The fourth-order valence-corrected chi connectivity index (χ4v) is 3.78. The van der Waals surface area contributed by atoms with E-state index in [0.717, 1.165) is 66.5 Å². The van der Waals surface area contributed by atoms with Crippen LogP contribution in [0.25, 0.3) is 10.9 Å². The molecule has 0 bridgehead atoms. The van der Waals surface area contributed by atoms with Crippen LogP contribution in [-0.4, -0.2) is 48.8 Å². The van der Waals surface area contributed by atoms with Crippen molar-refractivity contribution >= 4 is 16.7 Å². The monoisotopic (exact) mass is 381 g/mol. The van der Waals surface area contributed by atoms with Gasteiger partial charge in [0.15, 0.2) is 0 Å². The molecule has 2 aromatic heterocycles. The van der Waals surface area contributed by atoms with Crippen LogP contribution in [0.1, 0.15) is 24.1 Å². The number of anilines is 1. The van der Waals surface area contributed by atoms with E-state index < -0.39 is 0 Å². The summed E-state index contributed by atoms with van der Waals surface area (Å²) in [5.41, 5.74) is 3.17. The molecule has 28 heavy (non-hydrogen) atoms. The van der Waals surface area contributed by atoms with Crippen LogP contribution in [0, 0.1) is 0 Å². The van der Waals surface area contributed by atoms with Gasteiger partial charge in [-0.1, -0.05) is 0 Å². The Morgan fingerprint density at radius 3 is 2.64 bits per heavy atom. The van der Waals surface area contributed by atoms with Crippen molar-refractivity contribution in [1.29, 1.82) is 0 Å². The predicted molar refractivity (Wildman–Crippen MR) is 110 cm³/mol. The molecule has 4 rings (SSSR count). The first-order chi connectivity index (χ1) is 13.8. The first kappa shape index (κ1) is 18.6. The Kier molecular flexibility index (Phi) is 5.62. The van der Waals surface area contributed by atoms with Crippen LogP contribution < -0.4 is 19.7 Å². The van der Waals surface area contributed by atoms with Gasteiger partial charge >= 0.3 is 0 Å². The molecule has 7 nitrogen and oxygen atoms in total. The number of aromatic nitrogens is 3. The zero-order chi connectivity index (χ0) is 19.3. The van der Waals surface area contributed by atoms with Gasteiger partial charge in [-0.3, -0.25) is 0 Å². The quantitative estimate of drug-likeness (QED) is 0.585. The molecular formula is C21H27N5O2. The molecule has 0 aliphatic carbocycles. The van der Waals surface area contributed by atoms with Crippen LogP contribution in [0.15, 0.2) is 30.7 Å². The number of nitrogens with zero attached hydrogens (tertiary/aromatic N) is 3. The van der Waals surface area contributed by atoms with Gasteiger partial charge in [0.1, 0.15) is 22.8 Å². The van der Waals surface area contributed by atoms with Crippen molar-refractivity contribution in [2.45, 2.75) is 25.8 Å². The van der Waals surface area contributed by atoms with Crippen molar-refractivity contribution in [3.05, 3.63) is 42.0 Å². The zero-order valence-corrected chi connectivity index (χ0v) is 16.5. The first-order valence-corrected chi connectivity index (χ1v) is 9.77. The van der Waals surface area contributed by atoms with Gasteiger partial charge < -0.3 is 24.7 Å². The number of hydrogen-bond donors (Lipinski definition) is 2. The van der Waals surface area contributed by atoms with E-state index in [1.807, 2.05) is 18.3 Å². The average Bonchev–Trinajstić information content (AvgIpc) is 3.44. The molecule has 0 amide bonds. The smallest absolute Gasteiger partial charge is 0.145 e. The summed E-state index contributed by atoms with van der Waals surface area (Å²) >= 11 is 0. The van der Waals surface area contributed by atoms with Crippen LogP contribution >= 0.6 is 0 Å². The summed E-state index contributed by atoms with van der Waals surface area (Å²) in [6.45, 7) is 3.72. The molecule has 0 atom stereocenters. The molecule has 0 saturated carbocycles. The highest BCUT2D eigenvalue weighted by molar-refractivity contribution is 5.92. The van der Waals surface area contributed by atoms with Crippen molar-refractivity contribution in [3.63, 3.8) is 0 Å². The molecule has 1 aliphatic rings. The maximum atomic E-state index is 5.58. The van der Waals surface area contributed by atoms with E-state index >= 15 is 0 Å². The number of ether oxygens (including phenoxy) is 2. The number of pyridine rings is 1. The van der Waals surface area contributed by atoms with Gasteiger partial charge in [-0.15, -0.1) is 0 Å². The third-order valence-corrected chi connectivity index (χ3v) is 5.25. The lowest BCUT2D eigenvalue weighted by molar-refractivity contribution is 0.409. The number of imidazole rings is 1. The van der Waals surface area contributed by atoms with Crippen LogP contribution in [0.2, 0.25) is 0 Å². The Labute approximate surface area is 165 Å². The van der Waals surface area contributed by atoms with Gasteiger partial charge in [-0.05, 0) is 31.0 Å². The fourth-order valence-electron chi connectivity index (χ4n) is 3.78. The molecule has 2 N–H and O–H groups in total. The summed E-state index contributed by atoms with van der Waals surface area (Å²) in [5, 5.41) is 4.53. The van der Waals surface area contributed by atoms with E-state index in [4.69, 9.17) is 14.5 Å². The number of hydrogen-bond acceptors (Lipinski definition) is 6. The maximum absolute atomic E-state index is 5.58. The maximum Gasteiger partial charge on any atom is 0.145 e. The molecule has 1 aromatic carbocycles. The molecule has 148 valence electrons. The third-order valence-electron chi connectivity index (χ3n) is 5.25. The molecule has 0 radical (unpaired) electrons. The Morgan fingerprint density at radius 2 is 1.93 bits per heavy atom. The van der Waals surface area contributed by atoms with Gasteiger partial charge in [0.2, 0.25) is 0 Å². The predicted octanol–water partition coefficient (Wildman–Crippen LogP) is 2.91. The summed E-state index contributed by atoms with van der Waals surface area (Å²) in [6, 6.07) is 6.05. The van der Waals surface area contributed by atoms with Crippen molar-refractivity contribution < 1.29 is 9.47 Å². The third kappa shape index (κ3) is 3.75. The lowest BCUT2D eigenvalue weighted by Gasteiger charge is -2.22. The van der Waals surface area contributed by atoms with E-state index in [-0.39, 0.29) is 0 Å². The number of methoxy groups -OCH3 is 2. The van der Waals surface area contributed by atoms with Gasteiger partial charge in [-0.25, -0.2) is 9.97 Å². The summed E-state index contributed by atoms with van der Waals surface area (Å²) < 4.78 is 11.1. The topological polar surface area (TPSA) is 75.3 Å². The van der Waals surface area contributed by atoms with Crippen molar-refractivity contribution in [2.24, 2.45) is 0 Å². The highest BCUT2D eigenvalue weighted by atomic mass is 16.5. The molecule has 7 heteroatoms. The van der Waals surface area contributed by atoms with Gasteiger partial charge in [-0.2, -0.15) is 0 Å². The minimum Gasteiger partial charge on any atom is -0.496 e. The number of nitrogens with one attached hydrogen (secondary N) is 2. The summed E-state index contributed by atoms with van der Waals surface area (Å²) in [6.07, 6.45) is 6.92. The second kappa shape index (κ2) is 8.48.